The van der Waals surface area contributed by atoms with Crippen LogP contribution in [0.15, 0.2) is 29.1 Å². The number of aliphatic hydroxyl groups excluding tert-OH is 1. The Morgan fingerprint density at radius 1 is 1.33 bits per heavy atom. The molecule has 5 heteroatoms. The third-order valence-corrected chi connectivity index (χ3v) is 2.77. The maximum Gasteiger partial charge on any atom is 0.254 e. The molecule has 0 bridgehead atoms. The molecule has 2 aromatic rings. The zero-order valence-corrected chi connectivity index (χ0v) is 10.1. The van der Waals surface area contributed by atoms with Crippen molar-refractivity contribution in [3.8, 4) is 11.4 Å². The van der Waals surface area contributed by atoms with Crippen LogP contribution in [0, 0.1) is 6.92 Å². The molecule has 0 saturated heterocycles. The Bertz CT molecular complexity index is 603. The summed E-state index contributed by atoms with van der Waals surface area (Å²) in [5, 5.41) is 8.89. The number of rotatable bonds is 3. The number of nitrogens with zero attached hydrogens (tertiary/aromatic N) is 1. The molecule has 0 amide bonds. The molecule has 0 radical (unpaired) electrons. The van der Waals surface area contributed by atoms with Crippen LogP contribution in [0.2, 0.25) is 0 Å². The number of nitrogens with one attached hydrogen (secondary N) is 1. The van der Waals surface area contributed by atoms with Crippen molar-refractivity contribution in [2.45, 2.75) is 13.3 Å². The topological polar surface area (TPSA) is 92.0 Å². The predicted octanol–water partition coefficient (Wildman–Crippen LogP) is 0.862. The molecule has 0 saturated carbocycles. The van der Waals surface area contributed by atoms with Gasteiger partial charge in [-0.3, -0.25) is 4.79 Å². The fraction of sp³-hybridized carbons (Fsp3) is 0.231. The highest BCUT2D eigenvalue weighted by Crippen LogP contribution is 2.16. The summed E-state index contributed by atoms with van der Waals surface area (Å²) in [4.78, 5) is 18.9. The van der Waals surface area contributed by atoms with Crippen LogP contribution in [0.25, 0.3) is 11.4 Å². The highest BCUT2D eigenvalue weighted by molar-refractivity contribution is 5.58. The Balaban J connectivity index is 2.48. The van der Waals surface area contributed by atoms with Gasteiger partial charge in [0.2, 0.25) is 0 Å². The molecule has 94 valence electrons. The van der Waals surface area contributed by atoms with Gasteiger partial charge < -0.3 is 15.8 Å². The van der Waals surface area contributed by atoms with E-state index in [1.54, 1.807) is 31.2 Å². The zero-order chi connectivity index (χ0) is 13.1. The maximum atomic E-state index is 11.9. The molecule has 0 unspecified atom stereocenters. The van der Waals surface area contributed by atoms with Crippen LogP contribution in [0.5, 0.6) is 0 Å². The highest BCUT2D eigenvalue weighted by Gasteiger charge is 2.08. The van der Waals surface area contributed by atoms with E-state index in [1.165, 1.54) is 0 Å². The normalized spacial score (nSPS) is 10.6. The lowest BCUT2D eigenvalue weighted by Gasteiger charge is -2.06. The van der Waals surface area contributed by atoms with Gasteiger partial charge in [0.25, 0.3) is 5.56 Å². The van der Waals surface area contributed by atoms with Gasteiger partial charge in [0.05, 0.1) is 0 Å². The fourth-order valence-electron chi connectivity index (χ4n) is 1.79. The van der Waals surface area contributed by atoms with Crippen molar-refractivity contribution in [1.82, 2.24) is 9.97 Å². The van der Waals surface area contributed by atoms with E-state index in [1.807, 2.05) is 0 Å². The van der Waals surface area contributed by atoms with E-state index in [9.17, 15) is 4.79 Å². The van der Waals surface area contributed by atoms with Crippen molar-refractivity contribution in [2.24, 2.45) is 0 Å². The molecule has 0 aliphatic heterocycles. The monoisotopic (exact) mass is 245 g/mol. The number of aryl methyl sites for hydroxylation is 1. The molecule has 1 heterocycles. The van der Waals surface area contributed by atoms with Gasteiger partial charge in [-0.2, -0.15) is 0 Å². The van der Waals surface area contributed by atoms with Gasteiger partial charge in [-0.15, -0.1) is 0 Å². The Morgan fingerprint density at radius 3 is 2.56 bits per heavy atom. The summed E-state index contributed by atoms with van der Waals surface area (Å²) >= 11 is 0. The van der Waals surface area contributed by atoms with E-state index >= 15 is 0 Å². The minimum absolute atomic E-state index is 0.0627. The first-order valence-corrected chi connectivity index (χ1v) is 5.68. The minimum Gasteiger partial charge on any atom is -0.399 e. The summed E-state index contributed by atoms with van der Waals surface area (Å²) in [6, 6.07) is 7.12. The molecule has 2 rings (SSSR count). The first-order chi connectivity index (χ1) is 8.61. The first-order valence-electron chi connectivity index (χ1n) is 5.68. The average molecular weight is 245 g/mol. The van der Waals surface area contributed by atoms with Crippen LogP contribution in [0.4, 0.5) is 5.69 Å². The van der Waals surface area contributed by atoms with Gasteiger partial charge in [-0.05, 0) is 31.2 Å². The summed E-state index contributed by atoms with van der Waals surface area (Å²) in [5.41, 5.74) is 8.03. The van der Waals surface area contributed by atoms with Crippen LogP contribution in [0.1, 0.15) is 11.3 Å². The van der Waals surface area contributed by atoms with Crippen molar-refractivity contribution in [1.29, 1.82) is 0 Å². The van der Waals surface area contributed by atoms with E-state index in [4.69, 9.17) is 10.8 Å². The zero-order valence-electron chi connectivity index (χ0n) is 10.1. The molecule has 1 aromatic carbocycles. The number of aromatic amines is 1. The second kappa shape index (κ2) is 5.01. The number of nitrogen functional groups attached to an aromatic ring is 1. The summed E-state index contributed by atoms with van der Waals surface area (Å²) in [5.74, 6) is 0.513. The first kappa shape index (κ1) is 12.3. The molecule has 0 spiro atoms. The largest absolute Gasteiger partial charge is 0.399 e. The molecule has 1 aromatic heterocycles. The summed E-state index contributed by atoms with van der Waals surface area (Å²) in [6.45, 7) is 1.70. The maximum absolute atomic E-state index is 11.9. The van der Waals surface area contributed by atoms with Crippen molar-refractivity contribution >= 4 is 5.69 Å². The Kier molecular flexibility index (Phi) is 3.43. The SMILES string of the molecule is Cc1nc(-c2ccc(N)cc2)[nH]c(=O)c1CCO. The van der Waals surface area contributed by atoms with Gasteiger partial charge in [0.1, 0.15) is 5.82 Å². The summed E-state index contributed by atoms with van der Waals surface area (Å²) in [6.07, 6.45) is 0.316. The number of hydrogen-bond acceptors (Lipinski definition) is 4. The molecular weight excluding hydrogens is 230 g/mol. The highest BCUT2D eigenvalue weighted by atomic mass is 16.3. The van der Waals surface area contributed by atoms with Crippen molar-refractivity contribution in [3.05, 3.63) is 45.9 Å². The molecule has 4 N–H and O–H groups in total. The lowest BCUT2D eigenvalue weighted by Crippen LogP contribution is -2.18. The van der Waals surface area contributed by atoms with Crippen LogP contribution < -0.4 is 11.3 Å². The molecule has 0 fully saturated rings. The molecule has 0 aliphatic rings. The van der Waals surface area contributed by atoms with Crippen molar-refractivity contribution in [3.63, 3.8) is 0 Å². The third kappa shape index (κ3) is 2.41. The number of aromatic nitrogens is 2. The van der Waals surface area contributed by atoms with Gasteiger partial charge in [0, 0.05) is 35.5 Å². The number of hydrogen-bond donors (Lipinski definition) is 3. The third-order valence-electron chi connectivity index (χ3n) is 2.77. The number of aliphatic hydroxyl groups is 1. The van der Waals surface area contributed by atoms with Gasteiger partial charge in [-0.25, -0.2) is 4.98 Å². The van der Waals surface area contributed by atoms with E-state index in [0.717, 1.165) is 5.56 Å². The number of H-pyrrole nitrogens is 1. The molecule has 18 heavy (non-hydrogen) atoms. The van der Waals surface area contributed by atoms with E-state index in [2.05, 4.69) is 9.97 Å². The van der Waals surface area contributed by atoms with Gasteiger partial charge in [-0.1, -0.05) is 0 Å². The van der Waals surface area contributed by atoms with Crippen molar-refractivity contribution in [2.75, 3.05) is 12.3 Å². The van der Waals surface area contributed by atoms with E-state index in [0.29, 0.717) is 29.2 Å². The second-order valence-electron chi connectivity index (χ2n) is 4.07. The summed E-state index contributed by atoms with van der Waals surface area (Å²) in [7, 11) is 0. The van der Waals surface area contributed by atoms with E-state index in [-0.39, 0.29) is 12.2 Å². The molecular formula is C13H15N3O2. The predicted molar refractivity (Wildman–Crippen MR) is 70.2 cm³/mol. The van der Waals surface area contributed by atoms with Gasteiger partial charge >= 0.3 is 0 Å². The molecule has 0 atom stereocenters. The van der Waals surface area contributed by atoms with Gasteiger partial charge in [0.15, 0.2) is 0 Å². The lowest BCUT2D eigenvalue weighted by molar-refractivity contribution is 0.298. The minimum atomic E-state index is -0.205. The van der Waals surface area contributed by atoms with Crippen molar-refractivity contribution < 1.29 is 5.11 Å². The molecule has 0 aliphatic carbocycles. The second-order valence-corrected chi connectivity index (χ2v) is 4.07. The fourth-order valence-corrected chi connectivity index (χ4v) is 1.79. The number of anilines is 1. The average Bonchev–Trinajstić information content (AvgIpc) is 2.34. The molecule has 5 nitrogen and oxygen atoms in total. The van der Waals surface area contributed by atoms with E-state index < -0.39 is 0 Å². The number of nitrogens with two attached hydrogens (primary N) is 1. The van der Waals surface area contributed by atoms with Crippen LogP contribution in [-0.4, -0.2) is 21.7 Å². The standard InChI is InChI=1S/C13H15N3O2/c1-8-11(6-7-17)13(18)16-12(15-8)9-2-4-10(14)5-3-9/h2-5,17H,6-7,14H2,1H3,(H,15,16,18). The number of benzene rings is 1. The Hall–Kier alpha value is -2.14. The Morgan fingerprint density at radius 2 is 2.00 bits per heavy atom. The van der Waals surface area contributed by atoms with Crippen LogP contribution in [0.3, 0.4) is 0 Å². The lowest BCUT2D eigenvalue weighted by atomic mass is 10.1. The smallest absolute Gasteiger partial charge is 0.254 e. The van der Waals surface area contributed by atoms with Crippen LogP contribution >= 0.6 is 0 Å². The van der Waals surface area contributed by atoms with Crippen LogP contribution in [-0.2, 0) is 6.42 Å². The quantitative estimate of drug-likeness (QED) is 0.699. The summed E-state index contributed by atoms with van der Waals surface area (Å²) < 4.78 is 0. The Labute approximate surface area is 104 Å².